The van der Waals surface area contributed by atoms with Crippen LogP contribution < -0.4 is 10.1 Å². The Balaban J connectivity index is 1.81. The molecule has 28 heavy (non-hydrogen) atoms. The van der Waals surface area contributed by atoms with Crippen LogP contribution in [0.25, 0.3) is 10.8 Å². The largest absolute Gasteiger partial charge is 0.496 e. The predicted octanol–water partition coefficient (Wildman–Crippen LogP) is 4.01. The molecule has 1 N–H and O–H groups in total. The standard InChI is InChI=1S/C23H30N2O3/c1-5-23(2,3)24-21(26)16-9-8-14-25(15-16)22(27)19-12-13-20(28-4)18-11-7-6-10-17(18)19/h6-7,10-13,16H,5,8-9,14-15H2,1-4H3,(H,24,26). The van der Waals surface area contributed by atoms with Crippen LogP contribution in [0.2, 0.25) is 0 Å². The second-order valence-corrected chi connectivity index (χ2v) is 8.18. The molecule has 1 aliphatic heterocycles. The van der Waals surface area contributed by atoms with Gasteiger partial charge in [0.05, 0.1) is 13.0 Å². The van der Waals surface area contributed by atoms with Crippen molar-refractivity contribution in [1.29, 1.82) is 0 Å². The third-order valence-electron chi connectivity index (χ3n) is 5.76. The fraction of sp³-hybridized carbons (Fsp3) is 0.478. The molecule has 1 atom stereocenters. The van der Waals surface area contributed by atoms with Crippen molar-refractivity contribution in [3.05, 3.63) is 42.0 Å². The lowest BCUT2D eigenvalue weighted by Crippen LogP contribution is -2.50. The molecule has 0 radical (unpaired) electrons. The van der Waals surface area contributed by atoms with E-state index in [2.05, 4.69) is 12.2 Å². The lowest BCUT2D eigenvalue weighted by atomic mass is 9.93. The van der Waals surface area contributed by atoms with Crippen molar-refractivity contribution in [2.45, 2.75) is 45.6 Å². The first-order chi connectivity index (χ1) is 13.4. The number of nitrogens with zero attached hydrogens (tertiary/aromatic N) is 1. The highest BCUT2D eigenvalue weighted by Crippen LogP contribution is 2.30. The zero-order valence-electron chi connectivity index (χ0n) is 17.2. The molecule has 0 bridgehead atoms. The van der Waals surface area contributed by atoms with Crippen LogP contribution in [0.4, 0.5) is 0 Å². The van der Waals surface area contributed by atoms with E-state index < -0.39 is 0 Å². The number of fused-ring (bicyclic) bond motifs is 1. The van der Waals surface area contributed by atoms with E-state index in [1.54, 1.807) is 7.11 Å². The van der Waals surface area contributed by atoms with Gasteiger partial charge in [0.25, 0.3) is 5.91 Å². The maximum Gasteiger partial charge on any atom is 0.254 e. The number of likely N-dealkylation sites (tertiary alicyclic amines) is 1. The number of methoxy groups -OCH3 is 1. The van der Waals surface area contributed by atoms with E-state index in [9.17, 15) is 9.59 Å². The van der Waals surface area contributed by atoms with Gasteiger partial charge in [0.15, 0.2) is 0 Å². The van der Waals surface area contributed by atoms with Crippen molar-refractivity contribution in [3.63, 3.8) is 0 Å². The number of carbonyl (C=O) groups excluding carboxylic acids is 2. The van der Waals surface area contributed by atoms with Gasteiger partial charge in [-0.05, 0) is 50.6 Å². The van der Waals surface area contributed by atoms with Gasteiger partial charge < -0.3 is 15.0 Å². The third-order valence-corrected chi connectivity index (χ3v) is 5.76. The van der Waals surface area contributed by atoms with Crippen LogP contribution in [0.5, 0.6) is 5.75 Å². The molecule has 1 unspecified atom stereocenters. The second kappa shape index (κ2) is 8.21. The highest BCUT2D eigenvalue weighted by atomic mass is 16.5. The molecule has 0 spiro atoms. The molecule has 0 aromatic heterocycles. The van der Waals surface area contributed by atoms with E-state index in [0.717, 1.165) is 35.8 Å². The summed E-state index contributed by atoms with van der Waals surface area (Å²) in [5.74, 6) is 0.618. The molecule has 0 saturated carbocycles. The molecule has 5 nitrogen and oxygen atoms in total. The lowest BCUT2D eigenvalue weighted by Gasteiger charge is -2.34. The van der Waals surface area contributed by atoms with Gasteiger partial charge in [-0.3, -0.25) is 9.59 Å². The molecule has 2 amide bonds. The van der Waals surface area contributed by atoms with Crippen LogP contribution in [0.1, 0.15) is 50.4 Å². The molecular formula is C23H30N2O3. The Morgan fingerprint density at radius 1 is 1.18 bits per heavy atom. The number of hydrogen-bond donors (Lipinski definition) is 1. The summed E-state index contributed by atoms with van der Waals surface area (Å²) in [5, 5.41) is 4.93. The van der Waals surface area contributed by atoms with E-state index in [1.165, 1.54) is 0 Å². The van der Waals surface area contributed by atoms with Gasteiger partial charge in [-0.2, -0.15) is 0 Å². The molecule has 0 aliphatic carbocycles. The van der Waals surface area contributed by atoms with Gasteiger partial charge in [-0.15, -0.1) is 0 Å². The Labute approximate surface area is 167 Å². The van der Waals surface area contributed by atoms with Crippen LogP contribution >= 0.6 is 0 Å². The van der Waals surface area contributed by atoms with Crippen LogP contribution in [0, 0.1) is 5.92 Å². The average Bonchev–Trinajstić information content (AvgIpc) is 2.72. The molecule has 3 rings (SSSR count). The Hall–Kier alpha value is -2.56. The molecule has 1 saturated heterocycles. The highest BCUT2D eigenvalue weighted by molar-refractivity contribution is 6.08. The first-order valence-corrected chi connectivity index (χ1v) is 10.0. The summed E-state index contributed by atoms with van der Waals surface area (Å²) in [7, 11) is 1.63. The first kappa shape index (κ1) is 20.2. The number of piperidine rings is 1. The Morgan fingerprint density at radius 3 is 2.57 bits per heavy atom. The Bertz CT molecular complexity index is 875. The monoisotopic (exact) mass is 382 g/mol. The number of benzene rings is 2. The molecule has 5 heteroatoms. The minimum absolute atomic E-state index is 0.0221. The fourth-order valence-corrected chi connectivity index (χ4v) is 3.71. The number of carbonyl (C=O) groups is 2. The predicted molar refractivity (Wildman–Crippen MR) is 112 cm³/mol. The molecule has 1 aliphatic rings. The van der Waals surface area contributed by atoms with Crippen molar-refractivity contribution >= 4 is 22.6 Å². The number of nitrogens with one attached hydrogen (secondary N) is 1. The smallest absolute Gasteiger partial charge is 0.254 e. The summed E-state index contributed by atoms with van der Waals surface area (Å²) >= 11 is 0. The number of amides is 2. The average molecular weight is 383 g/mol. The van der Waals surface area contributed by atoms with Crippen molar-refractivity contribution < 1.29 is 14.3 Å². The summed E-state index contributed by atoms with van der Waals surface area (Å²) in [6.07, 6.45) is 2.52. The Kier molecular flexibility index (Phi) is 5.92. The van der Waals surface area contributed by atoms with E-state index in [0.29, 0.717) is 18.7 Å². The summed E-state index contributed by atoms with van der Waals surface area (Å²) < 4.78 is 5.44. The van der Waals surface area contributed by atoms with Gasteiger partial charge in [0, 0.05) is 29.6 Å². The molecule has 150 valence electrons. The molecular weight excluding hydrogens is 352 g/mol. The number of hydrogen-bond acceptors (Lipinski definition) is 3. The summed E-state index contributed by atoms with van der Waals surface area (Å²) in [6.45, 7) is 7.26. The van der Waals surface area contributed by atoms with Gasteiger partial charge in [-0.25, -0.2) is 0 Å². The summed E-state index contributed by atoms with van der Waals surface area (Å²) in [5.41, 5.74) is 0.432. The van der Waals surface area contributed by atoms with Gasteiger partial charge in [-0.1, -0.05) is 31.2 Å². The Morgan fingerprint density at radius 2 is 1.89 bits per heavy atom. The molecule has 1 fully saturated rings. The van der Waals surface area contributed by atoms with Crippen LogP contribution in [0.15, 0.2) is 36.4 Å². The SMILES string of the molecule is CCC(C)(C)NC(=O)C1CCCN(C(=O)c2ccc(OC)c3ccccc23)C1. The first-order valence-electron chi connectivity index (χ1n) is 10.0. The molecule has 2 aromatic carbocycles. The zero-order valence-corrected chi connectivity index (χ0v) is 17.2. The van der Waals surface area contributed by atoms with E-state index in [-0.39, 0.29) is 23.3 Å². The molecule has 1 heterocycles. The van der Waals surface area contributed by atoms with Gasteiger partial charge in [0.2, 0.25) is 5.91 Å². The lowest BCUT2D eigenvalue weighted by molar-refractivity contribution is -0.128. The third kappa shape index (κ3) is 4.13. The van der Waals surface area contributed by atoms with Crippen molar-refractivity contribution in [2.24, 2.45) is 5.92 Å². The van der Waals surface area contributed by atoms with Crippen LogP contribution in [-0.4, -0.2) is 42.5 Å². The quantitative estimate of drug-likeness (QED) is 0.850. The second-order valence-electron chi connectivity index (χ2n) is 8.18. The van der Waals surface area contributed by atoms with Crippen molar-refractivity contribution in [1.82, 2.24) is 10.2 Å². The zero-order chi connectivity index (χ0) is 20.3. The maximum atomic E-state index is 13.3. The van der Waals surface area contributed by atoms with Crippen molar-refractivity contribution in [2.75, 3.05) is 20.2 Å². The van der Waals surface area contributed by atoms with Gasteiger partial charge in [0.1, 0.15) is 5.75 Å². The number of ether oxygens (including phenoxy) is 1. The molecule has 2 aromatic rings. The fourth-order valence-electron chi connectivity index (χ4n) is 3.71. The topological polar surface area (TPSA) is 58.6 Å². The maximum absolute atomic E-state index is 13.3. The highest BCUT2D eigenvalue weighted by Gasteiger charge is 2.31. The van der Waals surface area contributed by atoms with Crippen molar-refractivity contribution in [3.8, 4) is 5.75 Å². The normalized spacial score (nSPS) is 17.4. The minimum atomic E-state index is -0.227. The van der Waals surface area contributed by atoms with E-state index >= 15 is 0 Å². The summed E-state index contributed by atoms with van der Waals surface area (Å²) in [4.78, 5) is 27.8. The minimum Gasteiger partial charge on any atom is -0.496 e. The van der Waals surface area contributed by atoms with E-state index in [4.69, 9.17) is 4.74 Å². The van der Waals surface area contributed by atoms with Crippen LogP contribution in [-0.2, 0) is 4.79 Å². The van der Waals surface area contributed by atoms with Crippen LogP contribution in [0.3, 0.4) is 0 Å². The summed E-state index contributed by atoms with van der Waals surface area (Å²) in [6, 6.07) is 11.4. The van der Waals surface area contributed by atoms with E-state index in [1.807, 2.05) is 55.1 Å². The number of rotatable bonds is 5. The van der Waals surface area contributed by atoms with Gasteiger partial charge >= 0.3 is 0 Å².